The van der Waals surface area contributed by atoms with Crippen LogP contribution in [-0.2, 0) is 9.53 Å². The quantitative estimate of drug-likeness (QED) is 0.772. The fourth-order valence-electron chi connectivity index (χ4n) is 1.11. The zero-order valence-electron chi connectivity index (χ0n) is 9.76. The molecular formula is C10H17F3O3. The van der Waals surface area contributed by atoms with Gasteiger partial charge >= 0.3 is 12.1 Å². The van der Waals surface area contributed by atoms with Crippen LogP contribution in [0.1, 0.15) is 34.1 Å². The van der Waals surface area contributed by atoms with E-state index < -0.39 is 29.8 Å². The molecule has 0 aliphatic carbocycles. The highest BCUT2D eigenvalue weighted by atomic mass is 19.4. The topological polar surface area (TPSA) is 46.5 Å². The van der Waals surface area contributed by atoms with Crippen molar-refractivity contribution < 1.29 is 27.8 Å². The Hall–Kier alpha value is -0.780. The number of halogens is 3. The lowest BCUT2D eigenvalue weighted by Gasteiger charge is -2.27. The summed E-state index contributed by atoms with van der Waals surface area (Å²) in [5.74, 6) is -3.91. The predicted octanol–water partition coefficient (Wildman–Crippen LogP) is 2.28. The number of aliphatic hydroxyl groups excluding tert-OH is 1. The third kappa shape index (κ3) is 4.83. The van der Waals surface area contributed by atoms with Crippen LogP contribution in [0.3, 0.4) is 0 Å². The Kier molecular flexibility index (Phi) is 4.79. The molecule has 6 heteroatoms. The molecule has 16 heavy (non-hydrogen) atoms. The van der Waals surface area contributed by atoms with Gasteiger partial charge in [0.05, 0.1) is 6.10 Å². The molecule has 0 saturated carbocycles. The van der Waals surface area contributed by atoms with Gasteiger partial charge in [0.15, 0.2) is 5.92 Å². The fourth-order valence-corrected chi connectivity index (χ4v) is 1.11. The number of rotatable bonds is 3. The number of alkyl halides is 3. The smallest absolute Gasteiger partial charge is 0.404 e. The average molecular weight is 242 g/mol. The van der Waals surface area contributed by atoms with Gasteiger partial charge in [0.25, 0.3) is 0 Å². The number of esters is 1. The van der Waals surface area contributed by atoms with E-state index in [-0.39, 0.29) is 6.42 Å². The van der Waals surface area contributed by atoms with Gasteiger partial charge in [-0.05, 0) is 27.2 Å². The van der Waals surface area contributed by atoms with Crippen LogP contribution in [0, 0.1) is 5.92 Å². The number of carbonyl (C=O) groups is 1. The second kappa shape index (κ2) is 5.03. The first-order valence-corrected chi connectivity index (χ1v) is 4.96. The van der Waals surface area contributed by atoms with Gasteiger partial charge in [-0.1, -0.05) is 6.92 Å². The van der Waals surface area contributed by atoms with Crippen LogP contribution in [0.5, 0.6) is 0 Å². The summed E-state index contributed by atoms with van der Waals surface area (Å²) in [7, 11) is 0. The third-order valence-corrected chi connectivity index (χ3v) is 1.82. The van der Waals surface area contributed by atoms with Crippen molar-refractivity contribution in [3.05, 3.63) is 0 Å². The molecule has 0 heterocycles. The van der Waals surface area contributed by atoms with E-state index in [0.717, 1.165) is 0 Å². The molecule has 0 aromatic rings. The Bertz CT molecular complexity index is 243. The summed E-state index contributed by atoms with van der Waals surface area (Å²) in [6, 6.07) is 0. The summed E-state index contributed by atoms with van der Waals surface area (Å²) in [6.45, 7) is 5.78. The molecule has 0 aliphatic rings. The van der Waals surface area contributed by atoms with E-state index in [9.17, 15) is 23.1 Å². The average Bonchev–Trinajstić information content (AvgIpc) is 1.97. The minimum Gasteiger partial charge on any atom is -0.459 e. The minimum atomic E-state index is -4.79. The van der Waals surface area contributed by atoms with E-state index in [2.05, 4.69) is 4.74 Å². The summed E-state index contributed by atoms with van der Waals surface area (Å²) in [4.78, 5) is 11.3. The normalized spacial score (nSPS) is 16.8. The van der Waals surface area contributed by atoms with Gasteiger partial charge in [-0.3, -0.25) is 4.79 Å². The van der Waals surface area contributed by atoms with E-state index in [1.54, 1.807) is 0 Å². The van der Waals surface area contributed by atoms with Crippen molar-refractivity contribution >= 4 is 5.97 Å². The molecule has 3 nitrogen and oxygen atoms in total. The molecular weight excluding hydrogens is 225 g/mol. The van der Waals surface area contributed by atoms with Crippen LogP contribution in [-0.4, -0.2) is 29.0 Å². The molecule has 0 fully saturated rings. The molecule has 0 radical (unpaired) electrons. The van der Waals surface area contributed by atoms with Crippen molar-refractivity contribution in [1.29, 1.82) is 0 Å². The summed E-state index contributed by atoms with van der Waals surface area (Å²) in [6.07, 6.45) is -6.73. The Labute approximate surface area is 92.6 Å². The van der Waals surface area contributed by atoms with Crippen LogP contribution < -0.4 is 0 Å². The summed E-state index contributed by atoms with van der Waals surface area (Å²) in [5.41, 5.74) is -1.01. The first kappa shape index (κ1) is 15.2. The van der Waals surface area contributed by atoms with Gasteiger partial charge in [-0.15, -0.1) is 0 Å². The van der Waals surface area contributed by atoms with Gasteiger partial charge in [0.2, 0.25) is 0 Å². The Balaban J connectivity index is 4.86. The van der Waals surface area contributed by atoms with Crippen LogP contribution in [0.4, 0.5) is 13.2 Å². The van der Waals surface area contributed by atoms with Gasteiger partial charge in [-0.25, -0.2) is 0 Å². The Morgan fingerprint density at radius 3 is 2.00 bits per heavy atom. The van der Waals surface area contributed by atoms with Gasteiger partial charge in [0.1, 0.15) is 5.60 Å². The van der Waals surface area contributed by atoms with Crippen LogP contribution >= 0.6 is 0 Å². The number of hydrogen-bond donors (Lipinski definition) is 1. The second-order valence-electron chi connectivity index (χ2n) is 4.53. The molecule has 0 spiro atoms. The van der Waals surface area contributed by atoms with Gasteiger partial charge in [-0.2, -0.15) is 13.2 Å². The SMILES string of the molecule is CC[C@@H](O)[C@H](C(=O)OC(C)(C)C)C(F)(F)F. The molecule has 0 rings (SSSR count). The lowest BCUT2D eigenvalue weighted by Crippen LogP contribution is -2.43. The Morgan fingerprint density at radius 1 is 1.31 bits per heavy atom. The lowest BCUT2D eigenvalue weighted by atomic mass is 9.99. The molecule has 0 aromatic carbocycles. The maximum absolute atomic E-state index is 12.5. The van der Waals surface area contributed by atoms with Crippen LogP contribution in [0.2, 0.25) is 0 Å². The van der Waals surface area contributed by atoms with Crippen molar-refractivity contribution in [2.24, 2.45) is 5.92 Å². The first-order valence-electron chi connectivity index (χ1n) is 4.96. The van der Waals surface area contributed by atoms with E-state index in [4.69, 9.17) is 0 Å². The molecule has 0 unspecified atom stereocenters. The fraction of sp³-hybridized carbons (Fsp3) is 0.900. The number of hydrogen-bond acceptors (Lipinski definition) is 3. The van der Waals surface area contributed by atoms with Crippen molar-refractivity contribution in [3.63, 3.8) is 0 Å². The number of ether oxygens (including phenoxy) is 1. The highest BCUT2D eigenvalue weighted by molar-refractivity contribution is 5.74. The molecule has 0 saturated heterocycles. The van der Waals surface area contributed by atoms with Crippen molar-refractivity contribution in [3.8, 4) is 0 Å². The zero-order valence-corrected chi connectivity index (χ0v) is 9.76. The highest BCUT2D eigenvalue weighted by Crippen LogP contribution is 2.32. The standard InChI is InChI=1S/C10H17F3O3/c1-5-6(14)7(10(11,12)13)8(15)16-9(2,3)4/h6-7,14H,5H2,1-4H3/t6-,7-/m1/s1. The van der Waals surface area contributed by atoms with Crippen LogP contribution in [0.25, 0.3) is 0 Å². The first-order chi connectivity index (χ1) is 6.99. The van der Waals surface area contributed by atoms with Crippen molar-refractivity contribution in [1.82, 2.24) is 0 Å². The summed E-state index contributed by atoms with van der Waals surface area (Å²) in [5, 5.41) is 9.20. The van der Waals surface area contributed by atoms with E-state index in [1.807, 2.05) is 0 Å². The largest absolute Gasteiger partial charge is 0.459 e. The summed E-state index contributed by atoms with van der Waals surface area (Å²) < 4.78 is 42.2. The van der Waals surface area contributed by atoms with Crippen molar-refractivity contribution in [2.45, 2.75) is 52.0 Å². The maximum Gasteiger partial charge on any atom is 0.404 e. The molecule has 96 valence electrons. The van der Waals surface area contributed by atoms with Gasteiger partial charge in [0, 0.05) is 0 Å². The molecule has 0 bridgehead atoms. The predicted molar refractivity (Wildman–Crippen MR) is 51.7 cm³/mol. The van der Waals surface area contributed by atoms with Crippen molar-refractivity contribution in [2.75, 3.05) is 0 Å². The van der Waals surface area contributed by atoms with E-state index >= 15 is 0 Å². The molecule has 0 amide bonds. The van der Waals surface area contributed by atoms with Crippen LogP contribution in [0.15, 0.2) is 0 Å². The molecule has 1 N–H and O–H groups in total. The molecule has 0 aromatic heterocycles. The summed E-state index contributed by atoms with van der Waals surface area (Å²) >= 11 is 0. The third-order valence-electron chi connectivity index (χ3n) is 1.82. The zero-order chi connectivity index (χ0) is 13.1. The lowest BCUT2D eigenvalue weighted by molar-refractivity contribution is -0.220. The molecule has 0 aliphatic heterocycles. The Morgan fingerprint density at radius 2 is 1.75 bits per heavy atom. The monoisotopic (exact) mass is 242 g/mol. The van der Waals surface area contributed by atoms with E-state index in [0.29, 0.717) is 0 Å². The second-order valence-corrected chi connectivity index (χ2v) is 4.53. The van der Waals surface area contributed by atoms with Gasteiger partial charge < -0.3 is 9.84 Å². The minimum absolute atomic E-state index is 0.163. The number of aliphatic hydroxyl groups is 1. The highest BCUT2D eigenvalue weighted by Gasteiger charge is 2.50. The van der Waals surface area contributed by atoms with E-state index in [1.165, 1.54) is 27.7 Å². The maximum atomic E-state index is 12.5. The number of carbonyl (C=O) groups excluding carboxylic acids is 1. The molecule has 2 atom stereocenters.